The Balaban J connectivity index is 2.13. The van der Waals surface area contributed by atoms with E-state index in [9.17, 15) is 4.79 Å². The second-order valence-corrected chi connectivity index (χ2v) is 3.97. The van der Waals surface area contributed by atoms with Gasteiger partial charge in [0, 0.05) is 19.0 Å². The van der Waals surface area contributed by atoms with Crippen LogP contribution in [0.5, 0.6) is 0 Å². The van der Waals surface area contributed by atoms with Gasteiger partial charge in [-0.05, 0) is 39.4 Å². The summed E-state index contributed by atoms with van der Waals surface area (Å²) in [5.41, 5.74) is 5.34. The number of hydrogen-bond donors (Lipinski definition) is 2. The zero-order chi connectivity index (χ0) is 10.4. The van der Waals surface area contributed by atoms with Crippen molar-refractivity contribution in [1.82, 2.24) is 10.2 Å². The van der Waals surface area contributed by atoms with Crippen molar-refractivity contribution in [3.8, 4) is 0 Å². The lowest BCUT2D eigenvalue weighted by Gasteiger charge is -2.18. The number of likely N-dealkylation sites (tertiary alicyclic amines) is 1. The van der Waals surface area contributed by atoms with Gasteiger partial charge in [-0.25, -0.2) is 0 Å². The molecule has 0 aromatic carbocycles. The van der Waals surface area contributed by atoms with Gasteiger partial charge in [0.2, 0.25) is 5.91 Å². The zero-order valence-electron chi connectivity index (χ0n) is 8.96. The molecular formula is C10H21N3O. The van der Waals surface area contributed by atoms with E-state index in [-0.39, 0.29) is 5.91 Å². The van der Waals surface area contributed by atoms with Crippen molar-refractivity contribution >= 4 is 5.91 Å². The average Bonchev–Trinajstić information content (AvgIpc) is 2.52. The van der Waals surface area contributed by atoms with E-state index < -0.39 is 0 Å². The number of nitrogens with one attached hydrogen (secondary N) is 1. The van der Waals surface area contributed by atoms with Crippen LogP contribution in [-0.2, 0) is 4.79 Å². The van der Waals surface area contributed by atoms with Crippen LogP contribution in [0.1, 0.15) is 25.7 Å². The molecule has 0 aromatic rings. The molecule has 0 saturated carbocycles. The maximum absolute atomic E-state index is 11.4. The van der Waals surface area contributed by atoms with Crippen molar-refractivity contribution < 1.29 is 4.79 Å². The van der Waals surface area contributed by atoms with Crippen LogP contribution in [0.25, 0.3) is 0 Å². The van der Waals surface area contributed by atoms with Gasteiger partial charge in [-0.15, -0.1) is 0 Å². The Bertz CT molecular complexity index is 184. The third-order valence-electron chi connectivity index (χ3n) is 2.80. The Morgan fingerprint density at radius 3 is 3.00 bits per heavy atom. The van der Waals surface area contributed by atoms with E-state index >= 15 is 0 Å². The van der Waals surface area contributed by atoms with Crippen LogP contribution in [0.3, 0.4) is 0 Å². The summed E-state index contributed by atoms with van der Waals surface area (Å²) in [5, 5.41) is 2.89. The van der Waals surface area contributed by atoms with E-state index in [4.69, 9.17) is 5.73 Å². The van der Waals surface area contributed by atoms with Gasteiger partial charge < -0.3 is 16.0 Å². The van der Waals surface area contributed by atoms with Gasteiger partial charge in [-0.3, -0.25) is 4.79 Å². The lowest BCUT2D eigenvalue weighted by Crippen LogP contribution is -2.33. The average molecular weight is 199 g/mol. The molecule has 14 heavy (non-hydrogen) atoms. The zero-order valence-corrected chi connectivity index (χ0v) is 8.96. The molecule has 1 fully saturated rings. The number of amides is 1. The Morgan fingerprint density at radius 2 is 2.43 bits per heavy atom. The molecule has 1 atom stereocenters. The third-order valence-corrected chi connectivity index (χ3v) is 2.80. The van der Waals surface area contributed by atoms with Crippen molar-refractivity contribution in [3.05, 3.63) is 0 Å². The molecule has 0 bridgehead atoms. The molecule has 1 rings (SSSR count). The predicted octanol–water partition coefficient (Wildman–Crippen LogP) is -0.0643. The van der Waals surface area contributed by atoms with Crippen LogP contribution >= 0.6 is 0 Å². The summed E-state index contributed by atoms with van der Waals surface area (Å²) in [6.45, 7) is 2.48. The quantitative estimate of drug-likeness (QED) is 0.610. The molecule has 1 aliphatic heterocycles. The highest BCUT2D eigenvalue weighted by molar-refractivity contribution is 5.76. The van der Waals surface area contributed by atoms with Gasteiger partial charge in [0.25, 0.3) is 0 Å². The number of rotatable bonds is 5. The lowest BCUT2D eigenvalue weighted by molar-refractivity contribution is -0.122. The first kappa shape index (κ1) is 11.5. The molecule has 4 nitrogen and oxygen atoms in total. The normalized spacial score (nSPS) is 22.6. The van der Waals surface area contributed by atoms with Crippen LogP contribution in [0.2, 0.25) is 0 Å². The molecule has 1 aliphatic rings. The summed E-state index contributed by atoms with van der Waals surface area (Å²) < 4.78 is 0. The summed E-state index contributed by atoms with van der Waals surface area (Å²) in [6, 6.07) is 0.452. The SMILES string of the molecule is CN1CCCC1CC(=O)NCCCN. The molecule has 3 N–H and O–H groups in total. The Morgan fingerprint density at radius 1 is 1.64 bits per heavy atom. The largest absolute Gasteiger partial charge is 0.356 e. The number of carbonyl (C=O) groups excluding carboxylic acids is 1. The highest BCUT2D eigenvalue weighted by Crippen LogP contribution is 2.17. The van der Waals surface area contributed by atoms with E-state index in [2.05, 4.69) is 17.3 Å². The summed E-state index contributed by atoms with van der Waals surface area (Å²) in [4.78, 5) is 13.7. The molecule has 0 aromatic heterocycles. The Kier molecular flexibility index (Phi) is 4.90. The van der Waals surface area contributed by atoms with Gasteiger partial charge in [0.15, 0.2) is 0 Å². The van der Waals surface area contributed by atoms with Crippen molar-refractivity contribution in [2.24, 2.45) is 5.73 Å². The summed E-state index contributed by atoms with van der Waals surface area (Å²) >= 11 is 0. The molecule has 0 spiro atoms. The van der Waals surface area contributed by atoms with Gasteiger partial charge in [0.05, 0.1) is 0 Å². The van der Waals surface area contributed by atoms with Gasteiger partial charge >= 0.3 is 0 Å². The number of nitrogens with two attached hydrogens (primary N) is 1. The van der Waals surface area contributed by atoms with Crippen LogP contribution < -0.4 is 11.1 Å². The molecule has 1 saturated heterocycles. The summed E-state index contributed by atoms with van der Waals surface area (Å²) in [6.07, 6.45) is 3.88. The molecule has 82 valence electrons. The van der Waals surface area contributed by atoms with Crippen LogP contribution in [0.15, 0.2) is 0 Å². The van der Waals surface area contributed by atoms with Gasteiger partial charge in [0.1, 0.15) is 0 Å². The number of nitrogens with zero attached hydrogens (tertiary/aromatic N) is 1. The highest BCUT2D eigenvalue weighted by atomic mass is 16.1. The summed E-state index contributed by atoms with van der Waals surface area (Å²) in [5.74, 6) is 0.164. The third kappa shape index (κ3) is 3.64. The first-order valence-corrected chi connectivity index (χ1v) is 5.41. The smallest absolute Gasteiger partial charge is 0.221 e. The maximum Gasteiger partial charge on any atom is 0.221 e. The van der Waals surface area contributed by atoms with Crippen molar-refractivity contribution in [2.45, 2.75) is 31.7 Å². The van der Waals surface area contributed by atoms with Crippen molar-refractivity contribution in [3.63, 3.8) is 0 Å². The maximum atomic E-state index is 11.4. The fourth-order valence-electron chi connectivity index (χ4n) is 1.85. The van der Waals surface area contributed by atoms with E-state index in [1.54, 1.807) is 0 Å². The minimum Gasteiger partial charge on any atom is -0.356 e. The second-order valence-electron chi connectivity index (χ2n) is 3.97. The molecule has 1 heterocycles. The predicted molar refractivity (Wildman–Crippen MR) is 57.0 cm³/mol. The minimum absolute atomic E-state index is 0.164. The van der Waals surface area contributed by atoms with Crippen molar-refractivity contribution in [2.75, 3.05) is 26.7 Å². The highest BCUT2D eigenvalue weighted by Gasteiger charge is 2.22. The van der Waals surface area contributed by atoms with E-state index in [1.807, 2.05) is 0 Å². The first-order valence-electron chi connectivity index (χ1n) is 5.41. The van der Waals surface area contributed by atoms with E-state index in [0.717, 1.165) is 19.4 Å². The fourth-order valence-corrected chi connectivity index (χ4v) is 1.85. The standard InChI is InChI=1S/C10H21N3O/c1-13-7-2-4-9(13)8-10(14)12-6-3-5-11/h9H,2-8,11H2,1H3,(H,12,14). The Labute approximate surface area is 85.8 Å². The molecule has 1 unspecified atom stereocenters. The lowest BCUT2D eigenvalue weighted by atomic mass is 10.1. The molecular weight excluding hydrogens is 178 g/mol. The van der Waals surface area contributed by atoms with Gasteiger partial charge in [-0.1, -0.05) is 0 Å². The number of hydrogen-bond acceptors (Lipinski definition) is 3. The Hall–Kier alpha value is -0.610. The molecule has 4 heteroatoms. The first-order chi connectivity index (χ1) is 6.74. The fraction of sp³-hybridized carbons (Fsp3) is 0.900. The monoisotopic (exact) mass is 199 g/mol. The molecule has 1 amide bonds. The van der Waals surface area contributed by atoms with Crippen LogP contribution in [0.4, 0.5) is 0 Å². The topological polar surface area (TPSA) is 58.4 Å². The summed E-state index contributed by atoms with van der Waals surface area (Å²) in [7, 11) is 2.09. The minimum atomic E-state index is 0.164. The molecule has 0 aliphatic carbocycles. The van der Waals surface area contributed by atoms with Gasteiger partial charge in [-0.2, -0.15) is 0 Å². The molecule has 0 radical (unpaired) electrons. The number of carbonyl (C=O) groups is 1. The van der Waals surface area contributed by atoms with Crippen LogP contribution in [-0.4, -0.2) is 43.5 Å². The van der Waals surface area contributed by atoms with Crippen molar-refractivity contribution in [1.29, 1.82) is 0 Å². The van der Waals surface area contributed by atoms with E-state index in [0.29, 0.717) is 25.6 Å². The van der Waals surface area contributed by atoms with E-state index in [1.165, 1.54) is 6.42 Å². The second kappa shape index (κ2) is 5.98. The van der Waals surface area contributed by atoms with Crippen LogP contribution in [0, 0.1) is 0 Å².